The van der Waals surface area contributed by atoms with Crippen molar-refractivity contribution in [1.82, 2.24) is 0 Å². The molecule has 0 aliphatic carbocycles. The number of hydrogen-bond acceptors (Lipinski definition) is 1. The van der Waals surface area contributed by atoms with Gasteiger partial charge < -0.3 is 4.74 Å². The molecule has 0 bridgehead atoms. The van der Waals surface area contributed by atoms with Crippen molar-refractivity contribution < 1.29 is 9.31 Å². The maximum absolute atomic E-state index is 6.03. The predicted molar refractivity (Wildman–Crippen MR) is 111 cm³/mol. The summed E-state index contributed by atoms with van der Waals surface area (Å²) in [6.45, 7) is 8.55. The molecule has 1 aromatic carbocycles. The Hall–Kier alpha value is 0.988. The van der Waals surface area contributed by atoms with E-state index in [1.54, 1.807) is 0 Å². The van der Waals surface area contributed by atoms with Crippen molar-refractivity contribution in [3.63, 3.8) is 0 Å². The van der Waals surface area contributed by atoms with Crippen LogP contribution in [0.15, 0.2) is 42.1 Å². The first-order valence-electron chi connectivity index (χ1n) is 7.16. The van der Waals surface area contributed by atoms with Crippen LogP contribution in [0, 0.1) is 0 Å². The second-order valence-electron chi connectivity index (χ2n) is 5.76. The average Bonchev–Trinajstić information content (AvgIpc) is 2.38. The van der Waals surface area contributed by atoms with E-state index in [9.17, 15) is 0 Å². The summed E-state index contributed by atoms with van der Waals surface area (Å²) >= 11 is 0. The Morgan fingerprint density at radius 1 is 1.00 bits per heavy atom. The molecule has 138 valence electrons. The van der Waals surface area contributed by atoms with Gasteiger partial charge in [0.1, 0.15) is 6.10 Å². The normalized spacial score (nSPS) is 21.1. The average molecular weight is 565 g/mol. The molecule has 0 fully saturated rings. The summed E-state index contributed by atoms with van der Waals surface area (Å²) in [5, 5.41) is 0. The van der Waals surface area contributed by atoms with Gasteiger partial charge in [-0.3, -0.25) is 0 Å². The molecular weight excluding hydrogens is 545 g/mol. The van der Waals surface area contributed by atoms with Gasteiger partial charge in [-0.05, 0) is 39.8 Å². The minimum absolute atomic E-state index is 0.153. The molecule has 0 saturated heterocycles. The number of rotatable bonds is 2. The van der Waals surface area contributed by atoms with Gasteiger partial charge in [-0.25, -0.2) is 0 Å². The van der Waals surface area contributed by atoms with E-state index in [1.165, 1.54) is 5.57 Å². The summed E-state index contributed by atoms with van der Waals surface area (Å²) in [7, 11) is 25.0. The van der Waals surface area contributed by atoms with Crippen molar-refractivity contribution in [2.75, 3.05) is 0 Å². The molecule has 0 N–H and O–H groups in total. The van der Waals surface area contributed by atoms with E-state index in [2.05, 4.69) is 50.6 Å². The summed E-state index contributed by atoms with van der Waals surface area (Å²) in [5.41, 5.74) is 2.40. The van der Waals surface area contributed by atoms with Gasteiger partial charge in [0.05, 0.1) is 5.56 Å². The molecule has 0 radical (unpaired) electrons. The van der Waals surface area contributed by atoms with Gasteiger partial charge in [0.2, 0.25) is 0 Å². The number of benzene rings is 1. The first-order chi connectivity index (χ1) is 10.5. The van der Waals surface area contributed by atoms with Crippen molar-refractivity contribution in [2.24, 2.45) is 0 Å². The van der Waals surface area contributed by atoms with Crippen LogP contribution in [0.3, 0.4) is 0 Å². The summed E-state index contributed by atoms with van der Waals surface area (Å²) in [4.78, 5) is 0. The van der Waals surface area contributed by atoms with Crippen molar-refractivity contribution >= 4 is 68.0 Å². The van der Waals surface area contributed by atoms with Gasteiger partial charge in [-0.15, -0.1) is 0 Å². The standard InChI is InChI=1S/C15H20NO.6ClH.Sb/c1-11(2)16-10-12(3)13(4)17-15(16)14-8-6-5-7-9-14;;;;;;;/h5-11,13H,1-4H3;6*1H;/q+1;;;;;;;+5/p-6. The molecular formula is C15H20Cl6NOSb. The van der Waals surface area contributed by atoms with Crippen LogP contribution >= 0.6 is 53.0 Å². The van der Waals surface area contributed by atoms with E-state index in [1.807, 2.05) is 18.2 Å². The van der Waals surface area contributed by atoms with Crippen molar-refractivity contribution in [1.29, 1.82) is 0 Å². The SMILES string of the molecule is CC1=C[N+](C(C)C)=C(c2ccccc2)OC1C.[Cl][Sb-]([Cl])([Cl])([Cl])([Cl])[Cl]. The summed E-state index contributed by atoms with van der Waals surface area (Å²) < 4.78 is 8.23. The van der Waals surface area contributed by atoms with Crippen LogP contribution in [-0.2, 0) is 4.74 Å². The molecule has 2 nitrogen and oxygen atoms in total. The molecule has 0 amide bonds. The van der Waals surface area contributed by atoms with E-state index in [0.29, 0.717) is 6.04 Å². The first kappa shape index (κ1) is 23.0. The Kier molecular flexibility index (Phi) is 7.24. The Morgan fingerprint density at radius 3 is 1.88 bits per heavy atom. The molecule has 1 unspecified atom stereocenters. The van der Waals surface area contributed by atoms with Gasteiger partial charge in [0.25, 0.3) is 0 Å². The van der Waals surface area contributed by atoms with Crippen LogP contribution < -0.4 is 0 Å². The second kappa shape index (κ2) is 7.55. The van der Waals surface area contributed by atoms with Crippen LogP contribution in [0.2, 0.25) is 0 Å². The molecule has 24 heavy (non-hydrogen) atoms. The fourth-order valence-corrected chi connectivity index (χ4v) is 1.89. The van der Waals surface area contributed by atoms with Crippen LogP contribution in [0.4, 0.5) is 0 Å². The van der Waals surface area contributed by atoms with Crippen molar-refractivity contribution in [2.45, 2.75) is 39.8 Å². The summed E-state index contributed by atoms with van der Waals surface area (Å²) in [5.74, 6) is 0.957. The zero-order valence-corrected chi connectivity index (χ0v) is 20.8. The number of ether oxygens (including phenoxy) is 1. The second-order valence-corrected chi connectivity index (χ2v) is 62.7. The monoisotopic (exact) mass is 561 g/mol. The van der Waals surface area contributed by atoms with Gasteiger partial charge >= 0.3 is 68.0 Å². The number of halogens is 6. The Balaban J connectivity index is 0.000000351. The minimum atomic E-state index is -5.42. The molecule has 1 atom stereocenters. The summed E-state index contributed by atoms with van der Waals surface area (Å²) in [6.07, 6.45) is 2.35. The Morgan fingerprint density at radius 2 is 1.46 bits per heavy atom. The predicted octanol–water partition coefficient (Wildman–Crippen LogP) is 6.93. The molecule has 9 heteroatoms. The summed E-state index contributed by atoms with van der Waals surface area (Å²) in [6, 6.07) is 10.7. The quantitative estimate of drug-likeness (QED) is 0.280. The third kappa shape index (κ3) is 10.2. The van der Waals surface area contributed by atoms with Crippen molar-refractivity contribution in [3.8, 4) is 0 Å². The van der Waals surface area contributed by atoms with E-state index < -0.39 is 9.14 Å². The number of nitrogens with zero attached hydrogens (tertiary/aromatic N) is 1. The molecule has 0 aromatic heterocycles. The third-order valence-electron chi connectivity index (χ3n) is 3.08. The van der Waals surface area contributed by atoms with Gasteiger partial charge in [-0.2, -0.15) is 4.58 Å². The zero-order valence-electron chi connectivity index (χ0n) is 13.7. The molecule has 0 spiro atoms. The van der Waals surface area contributed by atoms with Crippen LogP contribution in [0.25, 0.3) is 0 Å². The van der Waals surface area contributed by atoms with Gasteiger partial charge in [0.15, 0.2) is 12.2 Å². The topological polar surface area (TPSA) is 12.2 Å². The molecule has 1 heterocycles. The molecule has 1 aliphatic rings. The van der Waals surface area contributed by atoms with Crippen LogP contribution in [0.5, 0.6) is 0 Å². The van der Waals surface area contributed by atoms with Gasteiger partial charge in [0, 0.05) is 5.57 Å². The van der Waals surface area contributed by atoms with E-state index >= 15 is 0 Å². The van der Waals surface area contributed by atoms with Crippen LogP contribution in [-0.4, -0.2) is 31.8 Å². The third-order valence-corrected chi connectivity index (χ3v) is 3.08. The van der Waals surface area contributed by atoms with E-state index in [0.717, 1.165) is 11.5 Å². The fourth-order valence-electron chi connectivity index (χ4n) is 1.89. The first-order valence-corrected chi connectivity index (χ1v) is 26.6. The Bertz CT molecular complexity index is 638. The van der Waals surface area contributed by atoms with Crippen molar-refractivity contribution in [3.05, 3.63) is 47.7 Å². The maximum atomic E-state index is 6.03. The Labute approximate surface area is 163 Å². The fraction of sp³-hybridized carbons (Fsp3) is 0.400. The zero-order chi connectivity index (χ0) is 18.8. The molecule has 1 aromatic rings. The number of hydrogen-bond donors (Lipinski definition) is 0. The van der Waals surface area contributed by atoms with Crippen LogP contribution in [0.1, 0.15) is 33.3 Å². The van der Waals surface area contributed by atoms with E-state index in [-0.39, 0.29) is 6.10 Å². The van der Waals surface area contributed by atoms with Gasteiger partial charge in [-0.1, -0.05) is 18.2 Å². The molecule has 2 rings (SSSR count). The molecule has 0 saturated carbocycles. The molecule has 1 aliphatic heterocycles. The van der Waals surface area contributed by atoms with E-state index in [4.69, 9.17) is 57.7 Å².